The molecule has 3 nitrogen and oxygen atoms in total. The van der Waals surface area contributed by atoms with E-state index in [1.807, 2.05) is 24.4 Å². The first kappa shape index (κ1) is 18.1. The van der Waals surface area contributed by atoms with E-state index in [1.165, 1.54) is 16.4 Å². The van der Waals surface area contributed by atoms with Gasteiger partial charge in [0.1, 0.15) is 0 Å². The minimum absolute atomic E-state index is 0.973. The van der Waals surface area contributed by atoms with Crippen molar-refractivity contribution >= 4 is 42.4 Å². The molecule has 0 amide bonds. The van der Waals surface area contributed by atoms with E-state index in [0.29, 0.717) is 0 Å². The van der Waals surface area contributed by atoms with Crippen LogP contribution in [-0.2, 0) is 6.54 Å². The molecule has 5 aromatic rings. The van der Waals surface area contributed by atoms with Gasteiger partial charge in [0, 0.05) is 0 Å². The predicted molar refractivity (Wildman–Crippen MR) is 122 cm³/mol. The van der Waals surface area contributed by atoms with Crippen molar-refractivity contribution in [1.29, 1.82) is 0 Å². The number of hydrogen-bond donors (Lipinski definition) is 0. The number of aromatic nitrogens is 3. The molecular weight excluding hydrogens is 421 g/mol. The van der Waals surface area contributed by atoms with E-state index in [9.17, 15) is 0 Å². The molecular formula is C25H20N3Se. The number of nitrogens with zero attached hydrogens (tertiary/aromatic N) is 3. The summed E-state index contributed by atoms with van der Waals surface area (Å²) in [7, 11) is 0. The van der Waals surface area contributed by atoms with Crippen LogP contribution in [0.5, 0.6) is 0 Å². The summed E-state index contributed by atoms with van der Waals surface area (Å²) in [5.74, 6) is 0. The Morgan fingerprint density at radius 2 is 1.66 bits per heavy atom. The molecule has 141 valence electrons. The van der Waals surface area contributed by atoms with Crippen molar-refractivity contribution < 1.29 is 0 Å². The Morgan fingerprint density at radius 3 is 2.45 bits per heavy atom. The Labute approximate surface area is 178 Å². The number of aryl methyl sites for hydroxylation is 1. The first-order valence-corrected chi connectivity index (χ1v) is 10.7. The monoisotopic (exact) mass is 442 g/mol. The molecule has 0 aliphatic heterocycles. The van der Waals surface area contributed by atoms with Crippen LogP contribution in [-0.4, -0.2) is 30.5 Å². The van der Waals surface area contributed by atoms with Gasteiger partial charge in [-0.05, 0) is 0 Å². The molecule has 0 aliphatic rings. The van der Waals surface area contributed by atoms with Crippen LogP contribution in [0, 0.1) is 0 Å². The molecule has 0 N–H and O–H groups in total. The molecule has 0 saturated carbocycles. The molecule has 3 heterocycles. The van der Waals surface area contributed by atoms with E-state index in [4.69, 9.17) is 4.98 Å². The fourth-order valence-electron chi connectivity index (χ4n) is 3.96. The summed E-state index contributed by atoms with van der Waals surface area (Å²) in [5.41, 5.74) is 7.64. The first-order valence-electron chi connectivity index (χ1n) is 9.87. The summed E-state index contributed by atoms with van der Waals surface area (Å²) in [6.45, 7) is 3.20. The number of rotatable bonds is 4. The molecule has 5 rings (SSSR count). The van der Waals surface area contributed by atoms with E-state index in [2.05, 4.69) is 87.1 Å². The van der Waals surface area contributed by atoms with Gasteiger partial charge in [-0.2, -0.15) is 0 Å². The summed E-state index contributed by atoms with van der Waals surface area (Å²) >= 11 is 3.22. The second-order valence-electron chi connectivity index (χ2n) is 7.16. The van der Waals surface area contributed by atoms with Gasteiger partial charge in [0.25, 0.3) is 0 Å². The maximum absolute atomic E-state index is 5.11. The quantitative estimate of drug-likeness (QED) is 0.363. The summed E-state index contributed by atoms with van der Waals surface area (Å²) in [6, 6.07) is 25.2. The normalized spacial score (nSPS) is 11.3. The van der Waals surface area contributed by atoms with Crippen LogP contribution in [0.15, 0.2) is 79.0 Å². The Balaban J connectivity index is 1.71. The van der Waals surface area contributed by atoms with Gasteiger partial charge in [-0.3, -0.25) is 0 Å². The molecule has 0 spiro atoms. The molecule has 4 heteroatoms. The van der Waals surface area contributed by atoms with Gasteiger partial charge in [-0.1, -0.05) is 0 Å². The molecule has 1 radical (unpaired) electrons. The van der Waals surface area contributed by atoms with E-state index >= 15 is 0 Å². The van der Waals surface area contributed by atoms with Crippen molar-refractivity contribution in [2.75, 3.05) is 0 Å². The van der Waals surface area contributed by atoms with Crippen LogP contribution in [0.2, 0.25) is 0 Å². The molecule has 0 saturated heterocycles. The molecule has 0 atom stereocenters. The standard InChI is InChI=1S/C25H20N3Se/c1-2-15-28-21-10-6-11-23(29)24(21)25-22(28)13-12-20(27-25)18-8-5-7-17(16-18)19-9-3-4-14-26-19/h3-14,16H,2,15H2,1H3. The van der Waals surface area contributed by atoms with E-state index in [-0.39, 0.29) is 0 Å². The average molecular weight is 441 g/mol. The van der Waals surface area contributed by atoms with Gasteiger partial charge in [0.2, 0.25) is 0 Å². The fraction of sp³-hybridized carbons (Fsp3) is 0.120. The Morgan fingerprint density at radius 1 is 0.828 bits per heavy atom. The third-order valence-corrected chi connectivity index (χ3v) is 5.98. The van der Waals surface area contributed by atoms with Gasteiger partial charge in [0.05, 0.1) is 0 Å². The van der Waals surface area contributed by atoms with Gasteiger partial charge in [-0.25, -0.2) is 0 Å². The summed E-state index contributed by atoms with van der Waals surface area (Å²) in [6.07, 6.45) is 2.92. The third-order valence-electron chi connectivity index (χ3n) is 5.26. The van der Waals surface area contributed by atoms with Crippen molar-refractivity contribution in [1.82, 2.24) is 14.5 Å². The van der Waals surface area contributed by atoms with Crippen molar-refractivity contribution in [3.05, 3.63) is 79.0 Å². The Bertz CT molecular complexity index is 1320. The fourth-order valence-corrected chi connectivity index (χ4v) is 4.55. The van der Waals surface area contributed by atoms with Crippen LogP contribution < -0.4 is 4.46 Å². The molecule has 3 aromatic heterocycles. The minimum atomic E-state index is 0.973. The zero-order chi connectivity index (χ0) is 19.8. The van der Waals surface area contributed by atoms with Gasteiger partial charge >= 0.3 is 178 Å². The Hall–Kier alpha value is -2.94. The molecule has 29 heavy (non-hydrogen) atoms. The average Bonchev–Trinajstić information content (AvgIpc) is 3.09. The van der Waals surface area contributed by atoms with Gasteiger partial charge < -0.3 is 0 Å². The molecule has 0 aliphatic carbocycles. The summed E-state index contributed by atoms with van der Waals surface area (Å²) in [5, 5.41) is 1.21. The van der Waals surface area contributed by atoms with E-state index < -0.39 is 0 Å². The van der Waals surface area contributed by atoms with E-state index in [0.717, 1.165) is 45.5 Å². The zero-order valence-corrected chi connectivity index (χ0v) is 17.9. The molecule has 0 unspecified atom stereocenters. The molecule has 2 aromatic carbocycles. The summed E-state index contributed by atoms with van der Waals surface area (Å²) < 4.78 is 3.53. The molecule has 0 bridgehead atoms. The zero-order valence-electron chi connectivity index (χ0n) is 16.2. The van der Waals surface area contributed by atoms with Crippen LogP contribution in [0.1, 0.15) is 13.3 Å². The second-order valence-corrected chi connectivity index (χ2v) is 8.08. The van der Waals surface area contributed by atoms with Crippen LogP contribution in [0.4, 0.5) is 0 Å². The second kappa shape index (κ2) is 7.47. The van der Waals surface area contributed by atoms with E-state index in [1.54, 1.807) is 0 Å². The number of pyridine rings is 2. The predicted octanol–water partition coefficient (Wildman–Crippen LogP) is 5.12. The van der Waals surface area contributed by atoms with Crippen LogP contribution in [0.25, 0.3) is 44.5 Å². The van der Waals surface area contributed by atoms with Crippen LogP contribution >= 0.6 is 0 Å². The van der Waals surface area contributed by atoms with Crippen molar-refractivity contribution in [3.8, 4) is 22.5 Å². The SMILES string of the molecule is CCCn1c2ccc(-c3cccc(-c4ccccn4)c3)nc2c2c([Se])cccc21. The maximum atomic E-state index is 5.11. The third kappa shape index (κ3) is 3.15. The van der Waals surface area contributed by atoms with Crippen LogP contribution in [0.3, 0.4) is 0 Å². The number of hydrogen-bond acceptors (Lipinski definition) is 2. The topological polar surface area (TPSA) is 30.7 Å². The number of benzene rings is 2. The first-order chi connectivity index (χ1) is 14.3. The van der Waals surface area contributed by atoms with Gasteiger partial charge in [0.15, 0.2) is 0 Å². The van der Waals surface area contributed by atoms with Gasteiger partial charge in [-0.15, -0.1) is 0 Å². The van der Waals surface area contributed by atoms with Crippen molar-refractivity contribution in [2.45, 2.75) is 19.9 Å². The van der Waals surface area contributed by atoms with Crippen molar-refractivity contribution in [2.24, 2.45) is 0 Å². The number of fused-ring (bicyclic) bond motifs is 3. The molecule has 0 fully saturated rings. The summed E-state index contributed by atoms with van der Waals surface area (Å²) in [4.78, 5) is 9.59. The van der Waals surface area contributed by atoms with Crippen molar-refractivity contribution in [3.63, 3.8) is 0 Å². The Kier molecular flexibility index (Phi) is 4.67.